The zero-order valence-electron chi connectivity index (χ0n) is 13.4. The van der Waals surface area contributed by atoms with Crippen LogP contribution in [-0.4, -0.2) is 32.6 Å². The number of nitrogens with zero attached hydrogens (tertiary/aromatic N) is 2. The van der Waals surface area contributed by atoms with Gasteiger partial charge in [0.25, 0.3) is 5.91 Å². The molecule has 2 heterocycles. The van der Waals surface area contributed by atoms with E-state index in [0.29, 0.717) is 23.4 Å². The van der Waals surface area contributed by atoms with Crippen LogP contribution in [0.1, 0.15) is 55.6 Å². The molecule has 0 saturated heterocycles. The first-order chi connectivity index (χ1) is 10.8. The molecule has 122 valence electrons. The summed E-state index contributed by atoms with van der Waals surface area (Å²) in [5.74, 6) is -0.0838. The van der Waals surface area contributed by atoms with E-state index in [0.717, 1.165) is 10.9 Å². The highest BCUT2D eigenvalue weighted by molar-refractivity contribution is 6.31. The molecule has 1 aliphatic carbocycles. The molecule has 1 amide bonds. The molecular formula is C17H20ClN3O2. The second-order valence-corrected chi connectivity index (χ2v) is 7.17. The Morgan fingerprint density at radius 1 is 1.43 bits per heavy atom. The van der Waals surface area contributed by atoms with Crippen LogP contribution >= 0.6 is 11.6 Å². The van der Waals surface area contributed by atoms with E-state index in [1.807, 2.05) is 19.9 Å². The van der Waals surface area contributed by atoms with E-state index in [1.165, 1.54) is 0 Å². The summed E-state index contributed by atoms with van der Waals surface area (Å²) in [6.45, 7) is 5.85. The highest BCUT2D eigenvalue weighted by Crippen LogP contribution is 2.34. The first kappa shape index (κ1) is 16.1. The van der Waals surface area contributed by atoms with Gasteiger partial charge in [0, 0.05) is 29.4 Å². The Hall–Kier alpha value is -1.72. The molecule has 0 radical (unpaired) electrons. The van der Waals surface area contributed by atoms with E-state index < -0.39 is 5.60 Å². The van der Waals surface area contributed by atoms with Gasteiger partial charge < -0.3 is 10.4 Å². The van der Waals surface area contributed by atoms with Crippen LogP contribution in [0.4, 0.5) is 0 Å². The van der Waals surface area contributed by atoms with Crippen molar-refractivity contribution in [2.75, 3.05) is 0 Å². The SMILES string of the molecule is CC(C)c1c(Cl)nc(C(=O)NC2CC(C)(O)C2)c2cnccc12. The van der Waals surface area contributed by atoms with Gasteiger partial charge in [-0.15, -0.1) is 0 Å². The van der Waals surface area contributed by atoms with Crippen molar-refractivity contribution in [3.05, 3.63) is 34.9 Å². The molecule has 1 fully saturated rings. The summed E-state index contributed by atoms with van der Waals surface area (Å²) in [5, 5.41) is 14.6. The molecule has 6 heteroatoms. The van der Waals surface area contributed by atoms with E-state index in [1.54, 1.807) is 19.3 Å². The predicted molar refractivity (Wildman–Crippen MR) is 89.7 cm³/mol. The van der Waals surface area contributed by atoms with Crippen molar-refractivity contribution in [3.8, 4) is 0 Å². The van der Waals surface area contributed by atoms with E-state index in [2.05, 4.69) is 15.3 Å². The molecule has 0 atom stereocenters. The maximum atomic E-state index is 12.6. The fourth-order valence-electron chi connectivity index (χ4n) is 3.23. The predicted octanol–water partition coefficient (Wildman–Crippen LogP) is 3.05. The Morgan fingerprint density at radius 2 is 2.13 bits per heavy atom. The summed E-state index contributed by atoms with van der Waals surface area (Å²) in [4.78, 5) is 21.0. The van der Waals surface area contributed by atoms with Gasteiger partial charge in [-0.2, -0.15) is 0 Å². The fraction of sp³-hybridized carbons (Fsp3) is 0.471. The Morgan fingerprint density at radius 3 is 2.74 bits per heavy atom. The molecule has 2 aromatic heterocycles. The van der Waals surface area contributed by atoms with Crippen LogP contribution in [0.3, 0.4) is 0 Å². The molecule has 1 saturated carbocycles. The largest absolute Gasteiger partial charge is 0.390 e. The van der Waals surface area contributed by atoms with E-state index in [-0.39, 0.29) is 23.6 Å². The highest BCUT2D eigenvalue weighted by Gasteiger charge is 2.39. The van der Waals surface area contributed by atoms with Gasteiger partial charge in [-0.25, -0.2) is 4.98 Å². The van der Waals surface area contributed by atoms with Crippen molar-refractivity contribution < 1.29 is 9.90 Å². The van der Waals surface area contributed by atoms with E-state index >= 15 is 0 Å². The molecule has 2 aromatic rings. The smallest absolute Gasteiger partial charge is 0.270 e. The summed E-state index contributed by atoms with van der Waals surface area (Å²) >= 11 is 6.33. The summed E-state index contributed by atoms with van der Waals surface area (Å²) in [7, 11) is 0. The van der Waals surface area contributed by atoms with Crippen molar-refractivity contribution in [3.63, 3.8) is 0 Å². The number of carbonyl (C=O) groups excluding carboxylic acids is 1. The van der Waals surface area contributed by atoms with Crippen molar-refractivity contribution in [1.82, 2.24) is 15.3 Å². The molecule has 0 aromatic carbocycles. The lowest BCUT2D eigenvalue weighted by molar-refractivity contribution is -0.0367. The Balaban J connectivity index is 1.98. The number of aliphatic hydroxyl groups is 1. The van der Waals surface area contributed by atoms with Gasteiger partial charge in [-0.3, -0.25) is 9.78 Å². The fourth-order valence-corrected chi connectivity index (χ4v) is 3.63. The molecule has 0 spiro atoms. The number of pyridine rings is 2. The quantitative estimate of drug-likeness (QED) is 0.846. The third-order valence-corrected chi connectivity index (χ3v) is 4.59. The second-order valence-electron chi connectivity index (χ2n) is 6.82. The van der Waals surface area contributed by atoms with Gasteiger partial charge in [0.05, 0.1) is 5.60 Å². The number of aromatic nitrogens is 2. The lowest BCUT2D eigenvalue weighted by Crippen LogP contribution is -2.53. The van der Waals surface area contributed by atoms with Gasteiger partial charge in [0.1, 0.15) is 10.8 Å². The molecular weight excluding hydrogens is 314 g/mol. The lowest BCUT2D eigenvalue weighted by Gasteiger charge is -2.41. The van der Waals surface area contributed by atoms with Crippen LogP contribution < -0.4 is 5.32 Å². The van der Waals surface area contributed by atoms with Crippen LogP contribution in [0.2, 0.25) is 5.15 Å². The van der Waals surface area contributed by atoms with E-state index in [9.17, 15) is 9.90 Å². The lowest BCUT2D eigenvalue weighted by atomic mass is 9.77. The number of nitrogens with one attached hydrogen (secondary N) is 1. The minimum Gasteiger partial charge on any atom is -0.390 e. The highest BCUT2D eigenvalue weighted by atomic mass is 35.5. The zero-order valence-corrected chi connectivity index (χ0v) is 14.2. The minimum atomic E-state index is -0.686. The summed E-state index contributed by atoms with van der Waals surface area (Å²) in [5.41, 5.74) is 0.523. The van der Waals surface area contributed by atoms with Crippen LogP contribution in [0, 0.1) is 0 Å². The number of carbonyl (C=O) groups is 1. The number of fused-ring (bicyclic) bond motifs is 1. The van der Waals surface area contributed by atoms with Crippen molar-refractivity contribution >= 4 is 28.3 Å². The standard InChI is InChI=1S/C17H20ClN3O2/c1-9(2)13-11-4-5-19-8-12(11)14(21-15(13)18)16(22)20-10-6-17(3,23)7-10/h4-5,8-10,23H,6-7H2,1-3H3,(H,20,22). The second kappa shape index (κ2) is 5.73. The third kappa shape index (κ3) is 3.03. The number of hydrogen-bond acceptors (Lipinski definition) is 4. The average Bonchev–Trinajstić information content (AvgIpc) is 2.43. The minimum absolute atomic E-state index is 0.0328. The number of halogens is 1. The Labute approximate surface area is 140 Å². The van der Waals surface area contributed by atoms with Gasteiger partial charge in [-0.1, -0.05) is 25.4 Å². The van der Waals surface area contributed by atoms with Crippen molar-refractivity contribution in [2.45, 2.75) is 51.2 Å². The van der Waals surface area contributed by atoms with Crippen LogP contribution in [0.5, 0.6) is 0 Å². The summed E-state index contributed by atoms with van der Waals surface area (Å²) in [6, 6.07) is 1.83. The average molecular weight is 334 g/mol. The number of amides is 1. The summed E-state index contributed by atoms with van der Waals surface area (Å²) in [6.07, 6.45) is 4.44. The zero-order chi connectivity index (χ0) is 16.8. The molecule has 2 N–H and O–H groups in total. The van der Waals surface area contributed by atoms with Crippen molar-refractivity contribution in [2.24, 2.45) is 0 Å². The molecule has 3 rings (SSSR count). The molecule has 0 unspecified atom stereocenters. The Bertz CT molecular complexity index is 766. The maximum Gasteiger partial charge on any atom is 0.270 e. The monoisotopic (exact) mass is 333 g/mol. The number of rotatable bonds is 3. The van der Waals surface area contributed by atoms with Gasteiger partial charge in [0.15, 0.2) is 0 Å². The number of hydrogen-bond donors (Lipinski definition) is 2. The molecule has 0 aliphatic heterocycles. The van der Waals surface area contributed by atoms with E-state index in [4.69, 9.17) is 11.6 Å². The van der Waals surface area contributed by atoms with Crippen LogP contribution in [-0.2, 0) is 0 Å². The van der Waals surface area contributed by atoms with Crippen LogP contribution in [0.15, 0.2) is 18.5 Å². The maximum absolute atomic E-state index is 12.6. The van der Waals surface area contributed by atoms with Gasteiger partial charge in [0.2, 0.25) is 0 Å². The topological polar surface area (TPSA) is 75.1 Å². The van der Waals surface area contributed by atoms with Gasteiger partial charge >= 0.3 is 0 Å². The normalized spacial score (nSPS) is 23.8. The van der Waals surface area contributed by atoms with Gasteiger partial charge in [-0.05, 0) is 37.1 Å². The first-order valence-corrected chi connectivity index (χ1v) is 8.12. The first-order valence-electron chi connectivity index (χ1n) is 7.75. The Kier molecular flexibility index (Phi) is 4.02. The van der Waals surface area contributed by atoms with Crippen molar-refractivity contribution in [1.29, 1.82) is 0 Å². The third-order valence-electron chi connectivity index (χ3n) is 4.30. The molecule has 5 nitrogen and oxygen atoms in total. The molecule has 0 bridgehead atoms. The summed E-state index contributed by atoms with van der Waals surface area (Å²) < 4.78 is 0. The van der Waals surface area contributed by atoms with Crippen LogP contribution in [0.25, 0.3) is 10.8 Å². The molecule has 1 aliphatic rings. The molecule has 23 heavy (non-hydrogen) atoms.